The highest BCUT2D eigenvalue weighted by atomic mass is 16.5. The largest absolute Gasteiger partial charge is 0.497 e. The van der Waals surface area contributed by atoms with Crippen LogP contribution < -0.4 is 14.8 Å². The maximum atomic E-state index is 12.4. The molecule has 0 unspecified atom stereocenters. The molecule has 0 fully saturated rings. The van der Waals surface area contributed by atoms with E-state index in [1.165, 1.54) is 0 Å². The average Bonchev–Trinajstić information content (AvgIpc) is 2.62. The van der Waals surface area contributed by atoms with E-state index in [9.17, 15) is 4.79 Å². The number of ether oxygens (including phenoxy) is 2. The molecule has 0 atom stereocenters. The molecule has 1 heterocycles. The van der Waals surface area contributed by atoms with Gasteiger partial charge in [0.15, 0.2) is 0 Å². The molecule has 0 aliphatic carbocycles. The van der Waals surface area contributed by atoms with Crippen LogP contribution in [0.1, 0.15) is 12.5 Å². The molecule has 5 heteroatoms. The van der Waals surface area contributed by atoms with Gasteiger partial charge >= 0.3 is 0 Å². The van der Waals surface area contributed by atoms with Crippen LogP contribution in [0.4, 0.5) is 5.69 Å². The number of hydrogen-bond donors (Lipinski definition) is 1. The number of para-hydroxylation sites is 1. The minimum atomic E-state index is -0.107. The van der Waals surface area contributed by atoms with E-state index < -0.39 is 0 Å². The second-order valence-electron chi connectivity index (χ2n) is 5.54. The smallest absolute Gasteiger partial charge is 0.228 e. The first-order chi connectivity index (χ1) is 12.2. The molecule has 2 aromatic carbocycles. The van der Waals surface area contributed by atoms with Crippen LogP contribution in [0.15, 0.2) is 54.6 Å². The molecule has 0 saturated carbocycles. The highest BCUT2D eigenvalue weighted by molar-refractivity contribution is 6.01. The van der Waals surface area contributed by atoms with Crippen LogP contribution in [-0.4, -0.2) is 24.6 Å². The van der Waals surface area contributed by atoms with Crippen molar-refractivity contribution >= 4 is 22.5 Å². The van der Waals surface area contributed by atoms with Gasteiger partial charge in [-0.05, 0) is 36.8 Å². The van der Waals surface area contributed by atoms with Crippen molar-refractivity contribution in [2.45, 2.75) is 13.3 Å². The molecule has 0 aliphatic rings. The molecule has 1 amide bonds. The minimum absolute atomic E-state index is 0.107. The van der Waals surface area contributed by atoms with E-state index in [0.29, 0.717) is 23.7 Å². The molecule has 0 aliphatic heterocycles. The zero-order chi connectivity index (χ0) is 17.6. The van der Waals surface area contributed by atoms with Crippen molar-refractivity contribution in [3.05, 3.63) is 60.2 Å². The number of carbonyl (C=O) groups is 1. The van der Waals surface area contributed by atoms with Gasteiger partial charge in [0, 0.05) is 11.5 Å². The van der Waals surface area contributed by atoms with Gasteiger partial charge in [-0.3, -0.25) is 4.79 Å². The van der Waals surface area contributed by atoms with Crippen LogP contribution in [0.5, 0.6) is 11.6 Å². The summed E-state index contributed by atoms with van der Waals surface area (Å²) in [5, 5.41) is 3.89. The fraction of sp³-hybridized carbons (Fsp3) is 0.200. The fourth-order valence-corrected chi connectivity index (χ4v) is 2.62. The molecule has 3 rings (SSSR count). The summed E-state index contributed by atoms with van der Waals surface area (Å²) in [5.41, 5.74) is 2.28. The number of hydrogen-bond acceptors (Lipinski definition) is 4. The van der Waals surface area contributed by atoms with Crippen molar-refractivity contribution in [3.8, 4) is 11.6 Å². The molecule has 5 nitrogen and oxygen atoms in total. The normalized spacial score (nSPS) is 10.5. The summed E-state index contributed by atoms with van der Waals surface area (Å²) in [6.07, 6.45) is 0.263. The molecule has 1 aromatic heterocycles. The van der Waals surface area contributed by atoms with Gasteiger partial charge in [-0.2, -0.15) is 0 Å². The van der Waals surface area contributed by atoms with E-state index in [0.717, 1.165) is 16.7 Å². The third kappa shape index (κ3) is 4.07. The van der Waals surface area contributed by atoms with Crippen LogP contribution in [0.25, 0.3) is 10.9 Å². The maximum absolute atomic E-state index is 12.4. The Bertz CT molecular complexity index is 893. The van der Waals surface area contributed by atoms with E-state index in [1.54, 1.807) is 7.11 Å². The highest BCUT2D eigenvalue weighted by Gasteiger charge is 2.09. The van der Waals surface area contributed by atoms with Crippen LogP contribution >= 0.6 is 0 Å². The summed E-state index contributed by atoms with van der Waals surface area (Å²) in [5.74, 6) is 1.17. The number of pyridine rings is 1. The second kappa shape index (κ2) is 7.66. The maximum Gasteiger partial charge on any atom is 0.228 e. The molecule has 128 valence electrons. The quantitative estimate of drug-likeness (QED) is 0.743. The van der Waals surface area contributed by atoms with Gasteiger partial charge in [-0.1, -0.05) is 24.3 Å². The van der Waals surface area contributed by atoms with Crippen molar-refractivity contribution in [3.63, 3.8) is 0 Å². The Hall–Kier alpha value is -3.08. The summed E-state index contributed by atoms with van der Waals surface area (Å²) < 4.78 is 10.7. The SMILES string of the molecule is CCOc1ccc2cccc(NC(=O)Cc3cccc(OC)c3)c2n1. The van der Waals surface area contributed by atoms with Crippen LogP contribution in [0.3, 0.4) is 0 Å². The topological polar surface area (TPSA) is 60.5 Å². The van der Waals surface area contributed by atoms with Gasteiger partial charge in [-0.15, -0.1) is 0 Å². The lowest BCUT2D eigenvalue weighted by Crippen LogP contribution is -2.15. The predicted molar refractivity (Wildman–Crippen MR) is 98.2 cm³/mol. The number of anilines is 1. The van der Waals surface area contributed by atoms with Gasteiger partial charge in [0.1, 0.15) is 5.75 Å². The van der Waals surface area contributed by atoms with E-state index >= 15 is 0 Å². The molecule has 0 spiro atoms. The Balaban J connectivity index is 1.81. The van der Waals surface area contributed by atoms with Gasteiger partial charge in [0.25, 0.3) is 0 Å². The number of carbonyl (C=O) groups excluding carboxylic acids is 1. The van der Waals surface area contributed by atoms with Crippen molar-refractivity contribution in [2.75, 3.05) is 19.0 Å². The van der Waals surface area contributed by atoms with E-state index in [-0.39, 0.29) is 12.3 Å². The summed E-state index contributed by atoms with van der Waals surface area (Å²) >= 11 is 0. The summed E-state index contributed by atoms with van der Waals surface area (Å²) in [6.45, 7) is 2.45. The number of nitrogens with one attached hydrogen (secondary N) is 1. The Morgan fingerprint density at radius 3 is 2.76 bits per heavy atom. The summed E-state index contributed by atoms with van der Waals surface area (Å²) in [4.78, 5) is 16.9. The second-order valence-corrected chi connectivity index (χ2v) is 5.54. The van der Waals surface area contributed by atoms with Crippen LogP contribution in [0, 0.1) is 0 Å². The first-order valence-corrected chi connectivity index (χ1v) is 8.15. The van der Waals surface area contributed by atoms with Gasteiger partial charge < -0.3 is 14.8 Å². The van der Waals surface area contributed by atoms with Crippen LogP contribution in [-0.2, 0) is 11.2 Å². The summed E-state index contributed by atoms with van der Waals surface area (Å²) in [6, 6.07) is 16.9. The Morgan fingerprint density at radius 1 is 1.12 bits per heavy atom. The van der Waals surface area contributed by atoms with Crippen LogP contribution in [0.2, 0.25) is 0 Å². The molecule has 3 aromatic rings. The fourth-order valence-electron chi connectivity index (χ4n) is 2.62. The average molecular weight is 336 g/mol. The molecule has 1 N–H and O–H groups in total. The lowest BCUT2D eigenvalue weighted by atomic mass is 10.1. The number of methoxy groups -OCH3 is 1. The van der Waals surface area contributed by atoms with Crippen molar-refractivity contribution < 1.29 is 14.3 Å². The number of nitrogens with zero attached hydrogens (tertiary/aromatic N) is 1. The number of fused-ring (bicyclic) bond motifs is 1. The summed E-state index contributed by atoms with van der Waals surface area (Å²) in [7, 11) is 1.61. The molecule has 0 bridgehead atoms. The van der Waals surface area contributed by atoms with Crippen molar-refractivity contribution in [1.29, 1.82) is 0 Å². The van der Waals surface area contributed by atoms with E-state index in [4.69, 9.17) is 9.47 Å². The van der Waals surface area contributed by atoms with Gasteiger partial charge in [0.2, 0.25) is 11.8 Å². The first kappa shape index (κ1) is 16.8. The van der Waals surface area contributed by atoms with Crippen molar-refractivity contribution in [1.82, 2.24) is 4.98 Å². The molecular formula is C20H20N2O3. The highest BCUT2D eigenvalue weighted by Crippen LogP contribution is 2.24. The molecular weight excluding hydrogens is 316 g/mol. The lowest BCUT2D eigenvalue weighted by molar-refractivity contribution is -0.115. The monoisotopic (exact) mass is 336 g/mol. The Morgan fingerprint density at radius 2 is 1.96 bits per heavy atom. The standard InChI is InChI=1S/C20H20N2O3/c1-3-25-19-11-10-15-7-5-9-17(20(15)22-19)21-18(23)13-14-6-4-8-16(12-14)24-2/h4-12H,3,13H2,1-2H3,(H,21,23). The molecule has 0 radical (unpaired) electrons. The molecule has 25 heavy (non-hydrogen) atoms. The minimum Gasteiger partial charge on any atom is -0.497 e. The first-order valence-electron chi connectivity index (χ1n) is 8.15. The zero-order valence-electron chi connectivity index (χ0n) is 14.3. The van der Waals surface area contributed by atoms with Crippen molar-refractivity contribution in [2.24, 2.45) is 0 Å². The number of amides is 1. The third-order valence-corrected chi connectivity index (χ3v) is 3.76. The van der Waals surface area contributed by atoms with Gasteiger partial charge in [0.05, 0.1) is 31.3 Å². The van der Waals surface area contributed by atoms with Gasteiger partial charge in [-0.25, -0.2) is 4.98 Å². The van der Waals surface area contributed by atoms with E-state index in [1.807, 2.05) is 61.5 Å². The molecule has 0 saturated heterocycles. The third-order valence-electron chi connectivity index (χ3n) is 3.76. The lowest BCUT2D eigenvalue weighted by Gasteiger charge is -2.10. The number of aromatic nitrogens is 1. The zero-order valence-corrected chi connectivity index (χ0v) is 14.3. The Labute approximate surface area is 146 Å². The predicted octanol–water partition coefficient (Wildman–Crippen LogP) is 3.82. The van der Waals surface area contributed by atoms with E-state index in [2.05, 4.69) is 10.3 Å². The Kier molecular flexibility index (Phi) is 5.14. The number of benzene rings is 2. The number of rotatable bonds is 6.